The van der Waals surface area contributed by atoms with Gasteiger partial charge >= 0.3 is 0 Å². The van der Waals surface area contributed by atoms with Gasteiger partial charge in [-0.05, 0) is 80.6 Å². The Morgan fingerprint density at radius 2 is 1.96 bits per heavy atom. The van der Waals surface area contributed by atoms with E-state index in [1.807, 2.05) is 32.9 Å². The van der Waals surface area contributed by atoms with Gasteiger partial charge in [-0.15, -0.1) is 0 Å². The lowest BCUT2D eigenvalue weighted by atomic mass is 9.96. The molecule has 1 amide bonds. The molecule has 5 heteroatoms. The predicted molar refractivity (Wildman–Crippen MR) is 98.1 cm³/mol. The monoisotopic (exact) mass is 361 g/mol. The lowest BCUT2D eigenvalue weighted by Gasteiger charge is -2.35. The van der Waals surface area contributed by atoms with Crippen LogP contribution in [0.15, 0.2) is 30.3 Å². The van der Waals surface area contributed by atoms with Gasteiger partial charge in [-0.1, -0.05) is 11.6 Å². The summed E-state index contributed by atoms with van der Waals surface area (Å²) in [5.74, 6) is 0.214. The van der Waals surface area contributed by atoms with Crippen molar-refractivity contribution in [2.75, 3.05) is 11.5 Å². The molecule has 0 radical (unpaired) electrons. The molecule has 0 aliphatic carbocycles. The van der Waals surface area contributed by atoms with Crippen molar-refractivity contribution in [2.45, 2.75) is 39.7 Å². The van der Waals surface area contributed by atoms with Crippen molar-refractivity contribution in [3.63, 3.8) is 0 Å². The molecule has 0 N–H and O–H groups in total. The number of hydrogen-bond donors (Lipinski definition) is 0. The van der Waals surface area contributed by atoms with Gasteiger partial charge in [0, 0.05) is 16.8 Å². The third kappa shape index (κ3) is 3.64. The van der Waals surface area contributed by atoms with Crippen molar-refractivity contribution in [2.24, 2.45) is 0 Å². The van der Waals surface area contributed by atoms with Crippen molar-refractivity contribution >= 4 is 23.2 Å². The number of amides is 1. The van der Waals surface area contributed by atoms with Crippen molar-refractivity contribution in [1.29, 1.82) is 0 Å². The fourth-order valence-corrected chi connectivity index (χ4v) is 3.41. The molecule has 132 valence electrons. The number of carbonyl (C=O) groups is 1. The first kappa shape index (κ1) is 17.7. The van der Waals surface area contributed by atoms with E-state index in [-0.39, 0.29) is 24.4 Å². The number of aryl methyl sites for hydroxylation is 3. The van der Waals surface area contributed by atoms with E-state index in [4.69, 9.17) is 16.3 Å². The zero-order chi connectivity index (χ0) is 18.1. The second kappa shape index (κ2) is 7.04. The highest BCUT2D eigenvalue weighted by Gasteiger charge is 2.28. The average Bonchev–Trinajstić information content (AvgIpc) is 2.57. The Balaban J connectivity index is 1.77. The number of fused-ring (bicyclic) bond motifs is 1. The lowest BCUT2D eigenvalue weighted by molar-refractivity contribution is -0.121. The van der Waals surface area contributed by atoms with Crippen LogP contribution in [0.2, 0.25) is 5.02 Å². The first-order valence-corrected chi connectivity index (χ1v) is 8.74. The molecule has 1 aliphatic heterocycles. The molecule has 25 heavy (non-hydrogen) atoms. The summed E-state index contributed by atoms with van der Waals surface area (Å²) in [6.07, 6.45) is 1.58. The van der Waals surface area contributed by atoms with Gasteiger partial charge in [-0.25, -0.2) is 4.39 Å². The zero-order valence-electron chi connectivity index (χ0n) is 14.6. The third-order valence-corrected chi connectivity index (χ3v) is 5.21. The van der Waals surface area contributed by atoms with E-state index in [0.29, 0.717) is 10.8 Å². The van der Waals surface area contributed by atoms with Crippen LogP contribution in [-0.4, -0.2) is 18.6 Å². The SMILES string of the molecule is Cc1cc(OCC(=O)N2c3ccc(F)cc3CC[C@H]2C)cc(C)c1Cl. The third-order valence-electron chi connectivity index (χ3n) is 4.61. The number of carbonyl (C=O) groups excluding carboxylic acids is 1. The molecule has 3 nitrogen and oxygen atoms in total. The Bertz CT molecular complexity index is 798. The Kier molecular flexibility index (Phi) is 5.00. The maximum Gasteiger partial charge on any atom is 0.265 e. The van der Waals surface area contributed by atoms with Gasteiger partial charge in [0.25, 0.3) is 5.91 Å². The lowest BCUT2D eigenvalue weighted by Crippen LogP contribution is -2.44. The number of hydrogen-bond acceptors (Lipinski definition) is 2. The molecule has 0 saturated carbocycles. The molecule has 0 fully saturated rings. The summed E-state index contributed by atoms with van der Waals surface area (Å²) in [7, 11) is 0. The molecule has 2 aromatic carbocycles. The number of nitrogens with zero attached hydrogens (tertiary/aromatic N) is 1. The van der Waals surface area contributed by atoms with E-state index in [2.05, 4.69) is 0 Å². The highest BCUT2D eigenvalue weighted by Crippen LogP contribution is 2.32. The summed E-state index contributed by atoms with van der Waals surface area (Å²) in [5.41, 5.74) is 3.47. The van der Waals surface area contributed by atoms with Crippen LogP contribution in [0.4, 0.5) is 10.1 Å². The molecule has 0 bridgehead atoms. The molecule has 1 heterocycles. The second-order valence-electron chi connectivity index (χ2n) is 6.58. The number of benzene rings is 2. The van der Waals surface area contributed by atoms with Gasteiger partial charge < -0.3 is 9.64 Å². The minimum absolute atomic E-state index is 0.0581. The minimum atomic E-state index is -0.274. The number of anilines is 1. The van der Waals surface area contributed by atoms with Gasteiger partial charge in [0.1, 0.15) is 11.6 Å². The van der Waals surface area contributed by atoms with Gasteiger partial charge in [-0.3, -0.25) is 4.79 Å². The molecule has 0 spiro atoms. The Hall–Kier alpha value is -2.07. The van der Waals surface area contributed by atoms with Crippen LogP contribution in [0.3, 0.4) is 0 Å². The highest BCUT2D eigenvalue weighted by atomic mass is 35.5. The normalized spacial score (nSPS) is 16.5. The molecule has 2 aromatic rings. The van der Waals surface area contributed by atoms with E-state index in [1.165, 1.54) is 12.1 Å². The number of rotatable bonds is 3. The van der Waals surface area contributed by atoms with Crippen molar-refractivity contribution < 1.29 is 13.9 Å². The van der Waals surface area contributed by atoms with Crippen molar-refractivity contribution in [1.82, 2.24) is 0 Å². The maximum absolute atomic E-state index is 13.5. The summed E-state index contributed by atoms with van der Waals surface area (Å²) in [5, 5.41) is 0.708. The van der Waals surface area contributed by atoms with Crippen LogP contribution in [0.1, 0.15) is 30.0 Å². The van der Waals surface area contributed by atoms with Crippen molar-refractivity contribution in [3.05, 3.63) is 57.9 Å². The molecule has 3 rings (SSSR count). The summed E-state index contributed by atoms with van der Waals surface area (Å²) in [4.78, 5) is 14.5. The fraction of sp³-hybridized carbons (Fsp3) is 0.350. The minimum Gasteiger partial charge on any atom is -0.484 e. The zero-order valence-corrected chi connectivity index (χ0v) is 15.4. The summed E-state index contributed by atoms with van der Waals surface area (Å²) in [6.45, 7) is 5.74. The highest BCUT2D eigenvalue weighted by molar-refractivity contribution is 6.32. The molecule has 0 unspecified atom stereocenters. The summed E-state index contributed by atoms with van der Waals surface area (Å²) >= 11 is 6.16. The van der Waals surface area contributed by atoms with Crippen LogP contribution in [0.5, 0.6) is 5.75 Å². The standard InChI is InChI=1S/C20H21ClFNO2/c1-12-8-17(9-13(2)20(12)21)25-11-19(24)23-14(3)4-5-15-10-16(22)6-7-18(15)23/h6-10,14H,4-5,11H2,1-3H3/t14-/m1/s1. The van der Waals surface area contributed by atoms with Crippen LogP contribution in [-0.2, 0) is 11.2 Å². The predicted octanol–water partition coefficient (Wildman–Crippen LogP) is 4.84. The van der Waals surface area contributed by atoms with Crippen LogP contribution >= 0.6 is 11.6 Å². The number of halogens is 2. The first-order chi connectivity index (χ1) is 11.9. The molecule has 1 atom stereocenters. The van der Waals surface area contributed by atoms with Gasteiger partial charge in [0.2, 0.25) is 0 Å². The largest absolute Gasteiger partial charge is 0.484 e. The van der Waals surface area contributed by atoms with Crippen LogP contribution < -0.4 is 9.64 Å². The summed E-state index contributed by atoms with van der Waals surface area (Å²) in [6, 6.07) is 8.28. The van der Waals surface area contributed by atoms with E-state index in [0.717, 1.165) is 35.2 Å². The second-order valence-corrected chi connectivity index (χ2v) is 6.96. The van der Waals surface area contributed by atoms with Crippen LogP contribution in [0, 0.1) is 19.7 Å². The van der Waals surface area contributed by atoms with Crippen LogP contribution in [0.25, 0.3) is 0 Å². The summed E-state index contributed by atoms with van der Waals surface area (Å²) < 4.78 is 19.2. The van der Waals surface area contributed by atoms with Crippen molar-refractivity contribution in [3.8, 4) is 5.75 Å². The average molecular weight is 362 g/mol. The topological polar surface area (TPSA) is 29.5 Å². The van der Waals surface area contributed by atoms with E-state index in [9.17, 15) is 9.18 Å². The van der Waals surface area contributed by atoms with E-state index < -0.39 is 0 Å². The van der Waals surface area contributed by atoms with E-state index >= 15 is 0 Å². The molecule has 0 aromatic heterocycles. The van der Waals surface area contributed by atoms with Gasteiger partial charge in [0.15, 0.2) is 6.61 Å². The molecular formula is C20H21ClFNO2. The Morgan fingerprint density at radius 3 is 2.64 bits per heavy atom. The van der Waals surface area contributed by atoms with Gasteiger partial charge in [0.05, 0.1) is 0 Å². The fourth-order valence-electron chi connectivity index (χ4n) is 3.30. The first-order valence-electron chi connectivity index (χ1n) is 8.37. The molecule has 1 aliphatic rings. The maximum atomic E-state index is 13.5. The molecular weight excluding hydrogens is 341 g/mol. The van der Waals surface area contributed by atoms with E-state index in [1.54, 1.807) is 11.0 Å². The quantitative estimate of drug-likeness (QED) is 0.782. The Labute approximate surface area is 152 Å². The smallest absolute Gasteiger partial charge is 0.265 e. The molecule has 0 saturated heterocycles. The number of ether oxygens (including phenoxy) is 1. The van der Waals surface area contributed by atoms with Gasteiger partial charge in [-0.2, -0.15) is 0 Å². The Morgan fingerprint density at radius 1 is 1.28 bits per heavy atom.